The van der Waals surface area contributed by atoms with Gasteiger partial charge in [-0.15, -0.1) is 11.3 Å². The highest BCUT2D eigenvalue weighted by atomic mass is 79.9. The summed E-state index contributed by atoms with van der Waals surface area (Å²) >= 11 is 4.92. The summed E-state index contributed by atoms with van der Waals surface area (Å²) in [6, 6.07) is 5.71. The molecule has 0 fully saturated rings. The fourth-order valence-corrected chi connectivity index (χ4v) is 3.07. The molecular weight excluding hydrogens is 352 g/mol. The summed E-state index contributed by atoms with van der Waals surface area (Å²) in [4.78, 5) is 16.5. The largest absolute Gasteiger partial charge is 0.464 e. The van der Waals surface area contributed by atoms with E-state index in [2.05, 4.69) is 20.8 Å². The Morgan fingerprint density at radius 1 is 1.33 bits per heavy atom. The van der Waals surface area contributed by atoms with Gasteiger partial charge in [0.1, 0.15) is 11.5 Å². The van der Waals surface area contributed by atoms with E-state index in [0.29, 0.717) is 18.7 Å². The second-order valence-electron chi connectivity index (χ2n) is 5.18. The van der Waals surface area contributed by atoms with Crippen molar-refractivity contribution in [2.45, 2.75) is 13.5 Å². The Hall–Kier alpha value is -1.11. The van der Waals surface area contributed by atoms with E-state index in [0.717, 1.165) is 21.9 Å². The molecule has 0 N–H and O–H groups in total. The van der Waals surface area contributed by atoms with E-state index < -0.39 is 0 Å². The molecule has 0 saturated heterocycles. The first kappa shape index (κ1) is 16.3. The van der Waals surface area contributed by atoms with Crippen molar-refractivity contribution >= 4 is 33.2 Å². The Kier molecular flexibility index (Phi) is 5.61. The molecule has 2 aromatic heterocycles. The number of nitrogens with zero attached hydrogens (tertiary/aromatic N) is 2. The first-order valence-corrected chi connectivity index (χ1v) is 8.36. The molecule has 0 aliphatic rings. The van der Waals surface area contributed by atoms with E-state index in [9.17, 15) is 4.79 Å². The zero-order valence-electron chi connectivity index (χ0n) is 12.4. The molecule has 2 rings (SSSR count). The molecule has 0 aromatic carbocycles. The van der Waals surface area contributed by atoms with Gasteiger partial charge in [-0.05, 0) is 55.1 Å². The van der Waals surface area contributed by atoms with Gasteiger partial charge in [-0.25, -0.2) is 0 Å². The predicted octanol–water partition coefficient (Wildman–Crippen LogP) is 3.62. The highest BCUT2D eigenvalue weighted by molar-refractivity contribution is 9.11. The minimum Gasteiger partial charge on any atom is -0.464 e. The topological polar surface area (TPSA) is 36.7 Å². The maximum absolute atomic E-state index is 12.6. The molecule has 0 bridgehead atoms. The normalized spacial score (nSPS) is 11.1. The van der Waals surface area contributed by atoms with Crippen LogP contribution in [0, 0.1) is 6.92 Å². The summed E-state index contributed by atoms with van der Waals surface area (Å²) in [5, 5.41) is 1.88. The monoisotopic (exact) mass is 370 g/mol. The number of thiophene rings is 1. The van der Waals surface area contributed by atoms with Gasteiger partial charge in [-0.2, -0.15) is 0 Å². The molecule has 114 valence electrons. The van der Waals surface area contributed by atoms with Crippen LogP contribution in [0.5, 0.6) is 0 Å². The number of aryl methyl sites for hydroxylation is 1. The number of furan rings is 1. The van der Waals surface area contributed by atoms with Crippen molar-refractivity contribution < 1.29 is 9.21 Å². The number of carbonyl (C=O) groups is 1. The number of amides is 1. The van der Waals surface area contributed by atoms with E-state index in [1.165, 1.54) is 11.3 Å². The summed E-state index contributed by atoms with van der Waals surface area (Å²) in [5.74, 6) is 1.71. The third kappa shape index (κ3) is 4.69. The van der Waals surface area contributed by atoms with Crippen LogP contribution in [0.1, 0.15) is 21.9 Å². The molecule has 2 heterocycles. The Bertz CT molecular complexity index is 606. The molecular formula is C15H19BrN2O2S. The van der Waals surface area contributed by atoms with Gasteiger partial charge in [0.25, 0.3) is 5.91 Å². The molecule has 0 saturated carbocycles. The van der Waals surface area contributed by atoms with Crippen LogP contribution in [-0.4, -0.2) is 42.9 Å². The van der Waals surface area contributed by atoms with Crippen molar-refractivity contribution in [3.05, 3.63) is 44.4 Å². The van der Waals surface area contributed by atoms with Gasteiger partial charge in [-0.1, -0.05) is 0 Å². The van der Waals surface area contributed by atoms with Crippen LogP contribution >= 0.6 is 27.3 Å². The minimum atomic E-state index is 0.0350. The van der Waals surface area contributed by atoms with Crippen LogP contribution in [0.3, 0.4) is 0 Å². The van der Waals surface area contributed by atoms with Gasteiger partial charge in [0.05, 0.1) is 15.9 Å². The van der Waals surface area contributed by atoms with Gasteiger partial charge < -0.3 is 14.2 Å². The lowest BCUT2D eigenvalue weighted by atomic mass is 10.2. The average Bonchev–Trinajstić information content (AvgIpc) is 3.02. The van der Waals surface area contributed by atoms with E-state index in [1.807, 2.05) is 49.5 Å². The number of hydrogen-bond donors (Lipinski definition) is 0. The van der Waals surface area contributed by atoms with Crippen LogP contribution in [0.15, 0.2) is 31.8 Å². The molecule has 1 amide bonds. The second-order valence-corrected chi connectivity index (χ2v) is 7.47. The van der Waals surface area contributed by atoms with E-state index >= 15 is 0 Å². The van der Waals surface area contributed by atoms with Gasteiger partial charge >= 0.3 is 0 Å². The van der Waals surface area contributed by atoms with E-state index in [4.69, 9.17) is 4.42 Å². The molecule has 2 aromatic rings. The van der Waals surface area contributed by atoms with Gasteiger partial charge in [0.15, 0.2) is 0 Å². The molecule has 4 nitrogen and oxygen atoms in total. The molecule has 21 heavy (non-hydrogen) atoms. The van der Waals surface area contributed by atoms with Crippen molar-refractivity contribution in [2.75, 3.05) is 27.2 Å². The first-order valence-electron chi connectivity index (χ1n) is 6.69. The maximum Gasteiger partial charge on any atom is 0.255 e. The average molecular weight is 371 g/mol. The fourth-order valence-electron chi connectivity index (χ4n) is 1.94. The third-order valence-corrected chi connectivity index (χ3v) is 4.57. The van der Waals surface area contributed by atoms with Gasteiger partial charge in [0.2, 0.25) is 0 Å². The second kappa shape index (κ2) is 7.24. The summed E-state index contributed by atoms with van der Waals surface area (Å²) in [6.07, 6.45) is 0. The maximum atomic E-state index is 12.6. The Morgan fingerprint density at radius 2 is 2.10 bits per heavy atom. The smallest absolute Gasteiger partial charge is 0.255 e. The number of rotatable bonds is 6. The molecule has 0 aliphatic carbocycles. The Balaban J connectivity index is 2.12. The Morgan fingerprint density at radius 3 is 2.62 bits per heavy atom. The van der Waals surface area contributed by atoms with Crippen LogP contribution in [0.2, 0.25) is 0 Å². The highest BCUT2D eigenvalue weighted by Crippen LogP contribution is 2.22. The lowest BCUT2D eigenvalue weighted by Crippen LogP contribution is -2.36. The number of likely N-dealkylation sites (N-methyl/N-ethyl adjacent to an activating group) is 1. The van der Waals surface area contributed by atoms with Crippen LogP contribution < -0.4 is 0 Å². The summed E-state index contributed by atoms with van der Waals surface area (Å²) in [7, 11) is 4.00. The first-order chi connectivity index (χ1) is 9.95. The lowest BCUT2D eigenvalue weighted by molar-refractivity contribution is 0.0720. The minimum absolute atomic E-state index is 0.0350. The molecule has 0 atom stereocenters. The van der Waals surface area contributed by atoms with Crippen molar-refractivity contribution in [3.8, 4) is 0 Å². The van der Waals surface area contributed by atoms with Gasteiger partial charge in [-0.3, -0.25) is 4.79 Å². The summed E-state index contributed by atoms with van der Waals surface area (Å²) in [6.45, 7) is 3.88. The van der Waals surface area contributed by atoms with Crippen molar-refractivity contribution in [2.24, 2.45) is 0 Å². The number of carbonyl (C=O) groups excluding carboxylic acids is 1. The van der Waals surface area contributed by atoms with Crippen molar-refractivity contribution in [3.63, 3.8) is 0 Å². The fraction of sp³-hybridized carbons (Fsp3) is 0.400. The van der Waals surface area contributed by atoms with Crippen LogP contribution in [0.25, 0.3) is 0 Å². The van der Waals surface area contributed by atoms with Crippen molar-refractivity contribution in [1.82, 2.24) is 9.80 Å². The summed E-state index contributed by atoms with van der Waals surface area (Å²) in [5.41, 5.74) is 0.717. The SMILES string of the molecule is Cc1ccc(CN(CCN(C)C)C(=O)c2csc(Br)c2)o1. The van der Waals surface area contributed by atoms with Gasteiger partial charge in [0, 0.05) is 18.5 Å². The molecule has 0 aliphatic heterocycles. The van der Waals surface area contributed by atoms with Crippen LogP contribution in [-0.2, 0) is 6.54 Å². The Labute approximate surface area is 137 Å². The summed E-state index contributed by atoms with van der Waals surface area (Å²) < 4.78 is 6.56. The predicted molar refractivity (Wildman–Crippen MR) is 88.8 cm³/mol. The van der Waals surface area contributed by atoms with Crippen molar-refractivity contribution in [1.29, 1.82) is 0 Å². The molecule has 6 heteroatoms. The highest BCUT2D eigenvalue weighted by Gasteiger charge is 2.18. The zero-order chi connectivity index (χ0) is 15.4. The third-order valence-electron chi connectivity index (χ3n) is 3.06. The molecule has 0 radical (unpaired) electrons. The molecule has 0 spiro atoms. The van der Waals surface area contributed by atoms with E-state index in [1.54, 1.807) is 0 Å². The zero-order valence-corrected chi connectivity index (χ0v) is 14.8. The quantitative estimate of drug-likeness (QED) is 0.778. The lowest BCUT2D eigenvalue weighted by Gasteiger charge is -2.23. The number of halogens is 1. The van der Waals surface area contributed by atoms with E-state index in [-0.39, 0.29) is 5.91 Å². The standard InChI is InChI=1S/C15H19BrN2O2S/c1-11-4-5-13(20-11)9-18(7-6-17(2)3)15(19)12-8-14(16)21-10-12/h4-5,8,10H,6-7,9H2,1-3H3. The molecule has 0 unspecified atom stereocenters. The number of hydrogen-bond acceptors (Lipinski definition) is 4. The van der Waals surface area contributed by atoms with Crippen LogP contribution in [0.4, 0.5) is 0 Å².